The van der Waals surface area contributed by atoms with Gasteiger partial charge in [0.25, 0.3) is 0 Å². The Hall–Kier alpha value is -2.34. The van der Waals surface area contributed by atoms with Gasteiger partial charge in [0.1, 0.15) is 5.82 Å². The number of hydrogen-bond donors (Lipinski definition) is 1. The summed E-state index contributed by atoms with van der Waals surface area (Å²) in [5.41, 5.74) is 1.74. The maximum absolute atomic E-state index is 12.9. The highest BCUT2D eigenvalue weighted by molar-refractivity contribution is 5.80. The molecule has 1 aliphatic heterocycles. The van der Waals surface area contributed by atoms with Crippen LogP contribution in [0, 0.1) is 5.82 Å². The summed E-state index contributed by atoms with van der Waals surface area (Å²) in [7, 11) is 1.80. The Morgan fingerprint density at radius 2 is 2.23 bits per heavy atom. The molecule has 0 aromatic carbocycles. The van der Waals surface area contributed by atoms with E-state index in [9.17, 15) is 9.18 Å². The van der Waals surface area contributed by atoms with Gasteiger partial charge in [0.05, 0.1) is 17.9 Å². The van der Waals surface area contributed by atoms with Crippen molar-refractivity contribution in [3.63, 3.8) is 0 Å². The Labute approximate surface area is 128 Å². The third kappa shape index (κ3) is 2.96. The highest BCUT2D eigenvalue weighted by Crippen LogP contribution is 2.31. The van der Waals surface area contributed by atoms with Gasteiger partial charge in [-0.25, -0.2) is 4.39 Å². The lowest BCUT2D eigenvalue weighted by atomic mass is 10.0. The molecular weight excluding hydrogens is 283 g/mol. The molecular formula is C16H17FN4O. The van der Waals surface area contributed by atoms with E-state index in [2.05, 4.69) is 15.3 Å². The van der Waals surface area contributed by atoms with Gasteiger partial charge in [0.15, 0.2) is 0 Å². The van der Waals surface area contributed by atoms with Crippen molar-refractivity contribution in [3.05, 3.63) is 59.9 Å². The number of amides is 1. The molecule has 1 aliphatic rings. The number of pyridine rings is 2. The summed E-state index contributed by atoms with van der Waals surface area (Å²) in [6.07, 6.45) is 5.12. The van der Waals surface area contributed by atoms with Crippen LogP contribution in [0.15, 0.2) is 42.9 Å². The Morgan fingerprint density at radius 3 is 2.91 bits per heavy atom. The van der Waals surface area contributed by atoms with Crippen LogP contribution in [0.3, 0.4) is 0 Å². The first-order valence-electron chi connectivity index (χ1n) is 7.14. The highest BCUT2D eigenvalue weighted by atomic mass is 19.1. The lowest BCUT2D eigenvalue weighted by molar-refractivity contribution is -0.127. The van der Waals surface area contributed by atoms with Gasteiger partial charge in [-0.1, -0.05) is 6.07 Å². The minimum absolute atomic E-state index is 0.0199. The number of nitrogens with zero attached hydrogens (tertiary/aromatic N) is 3. The Bertz CT molecular complexity index is 647. The van der Waals surface area contributed by atoms with E-state index in [0.717, 1.165) is 11.3 Å². The topological polar surface area (TPSA) is 58.1 Å². The minimum atomic E-state index is -0.354. The van der Waals surface area contributed by atoms with E-state index in [1.807, 2.05) is 12.1 Å². The molecule has 114 valence electrons. The minimum Gasteiger partial charge on any atom is -0.337 e. The number of carbonyl (C=O) groups excluding carboxylic acids is 1. The van der Waals surface area contributed by atoms with Crippen molar-refractivity contribution in [1.82, 2.24) is 20.2 Å². The third-order valence-corrected chi connectivity index (χ3v) is 3.95. The van der Waals surface area contributed by atoms with Crippen molar-refractivity contribution >= 4 is 5.91 Å². The van der Waals surface area contributed by atoms with E-state index in [0.29, 0.717) is 13.0 Å². The van der Waals surface area contributed by atoms with E-state index >= 15 is 0 Å². The van der Waals surface area contributed by atoms with E-state index < -0.39 is 0 Å². The molecule has 0 radical (unpaired) electrons. The smallest absolute Gasteiger partial charge is 0.224 e. The second kappa shape index (κ2) is 6.19. The molecule has 0 unspecified atom stereocenters. The molecule has 22 heavy (non-hydrogen) atoms. The molecule has 1 saturated heterocycles. The monoisotopic (exact) mass is 300 g/mol. The van der Waals surface area contributed by atoms with Crippen LogP contribution >= 0.6 is 0 Å². The Morgan fingerprint density at radius 1 is 1.36 bits per heavy atom. The lowest BCUT2D eigenvalue weighted by Crippen LogP contribution is -2.35. The fourth-order valence-corrected chi connectivity index (χ4v) is 2.81. The van der Waals surface area contributed by atoms with Gasteiger partial charge in [0.2, 0.25) is 5.91 Å². The number of aromatic nitrogens is 2. The molecule has 6 heteroatoms. The first-order chi connectivity index (χ1) is 10.6. The van der Waals surface area contributed by atoms with Crippen LogP contribution < -0.4 is 5.32 Å². The maximum Gasteiger partial charge on any atom is 0.224 e. The summed E-state index contributed by atoms with van der Waals surface area (Å²) < 4.78 is 12.9. The van der Waals surface area contributed by atoms with Gasteiger partial charge in [0, 0.05) is 38.4 Å². The van der Waals surface area contributed by atoms with Crippen molar-refractivity contribution < 1.29 is 9.18 Å². The average Bonchev–Trinajstić information content (AvgIpc) is 2.82. The van der Waals surface area contributed by atoms with Gasteiger partial charge in [-0.2, -0.15) is 0 Å². The van der Waals surface area contributed by atoms with Gasteiger partial charge in [-0.3, -0.25) is 14.8 Å². The molecule has 1 fully saturated rings. The summed E-state index contributed by atoms with van der Waals surface area (Å²) in [4.78, 5) is 21.9. The summed E-state index contributed by atoms with van der Waals surface area (Å²) >= 11 is 0. The molecule has 2 aromatic heterocycles. The predicted octanol–water partition coefficient (Wildman–Crippen LogP) is 1.68. The van der Waals surface area contributed by atoms with Crippen LogP contribution in [-0.4, -0.2) is 33.9 Å². The van der Waals surface area contributed by atoms with Crippen LogP contribution in [0.2, 0.25) is 0 Å². The Kier molecular flexibility index (Phi) is 4.11. The van der Waals surface area contributed by atoms with Crippen molar-refractivity contribution in [3.8, 4) is 0 Å². The molecule has 2 aromatic rings. The quantitative estimate of drug-likeness (QED) is 0.933. The summed E-state index contributed by atoms with van der Waals surface area (Å²) in [5, 5.41) is 3.35. The summed E-state index contributed by atoms with van der Waals surface area (Å²) in [5.74, 6) is -0.258. The third-order valence-electron chi connectivity index (χ3n) is 3.95. The van der Waals surface area contributed by atoms with Gasteiger partial charge in [-0.05, 0) is 23.8 Å². The second-order valence-electron chi connectivity index (χ2n) is 5.40. The normalized spacial score (nSPS) is 21.4. The zero-order valence-electron chi connectivity index (χ0n) is 12.2. The molecule has 2 atom stereocenters. The lowest BCUT2D eigenvalue weighted by Gasteiger charge is -2.25. The highest BCUT2D eigenvalue weighted by Gasteiger charge is 2.38. The predicted molar refractivity (Wildman–Crippen MR) is 79.2 cm³/mol. The molecule has 0 aliphatic carbocycles. The van der Waals surface area contributed by atoms with Gasteiger partial charge in [-0.15, -0.1) is 0 Å². The molecule has 0 spiro atoms. The van der Waals surface area contributed by atoms with E-state index in [4.69, 9.17) is 0 Å². The zero-order chi connectivity index (χ0) is 15.5. The van der Waals surface area contributed by atoms with Crippen molar-refractivity contribution in [2.45, 2.75) is 25.0 Å². The number of nitrogens with one attached hydrogen (secondary N) is 1. The van der Waals surface area contributed by atoms with E-state index in [1.54, 1.807) is 30.4 Å². The largest absolute Gasteiger partial charge is 0.337 e. The van der Waals surface area contributed by atoms with Gasteiger partial charge >= 0.3 is 0 Å². The fourth-order valence-electron chi connectivity index (χ4n) is 2.81. The number of rotatable bonds is 4. The first-order valence-corrected chi connectivity index (χ1v) is 7.14. The fraction of sp³-hybridized carbons (Fsp3) is 0.312. The molecule has 0 saturated carbocycles. The number of halogens is 1. The molecule has 3 heterocycles. The first kappa shape index (κ1) is 14.6. The number of carbonyl (C=O) groups is 1. The van der Waals surface area contributed by atoms with Crippen LogP contribution in [0.5, 0.6) is 0 Å². The molecule has 1 N–H and O–H groups in total. The maximum atomic E-state index is 12.9. The number of likely N-dealkylation sites (tertiary alicyclic amines) is 1. The van der Waals surface area contributed by atoms with Crippen molar-refractivity contribution in [2.24, 2.45) is 0 Å². The second-order valence-corrected chi connectivity index (χ2v) is 5.40. The van der Waals surface area contributed by atoms with Crippen LogP contribution in [-0.2, 0) is 11.3 Å². The van der Waals surface area contributed by atoms with Crippen LogP contribution in [0.1, 0.15) is 23.7 Å². The van der Waals surface area contributed by atoms with Crippen LogP contribution in [0.25, 0.3) is 0 Å². The average molecular weight is 300 g/mol. The standard InChI is InChI=1S/C16H17FN4O/c1-21-15(22)7-14(16(21)11-3-2-6-18-8-11)20-10-13-5-4-12(17)9-19-13/h2-6,8-9,14,16,20H,7,10H2,1H3/t14-,16+/m1/s1. The van der Waals surface area contributed by atoms with E-state index in [-0.39, 0.29) is 23.8 Å². The molecule has 1 amide bonds. The van der Waals surface area contributed by atoms with Crippen LogP contribution in [0.4, 0.5) is 4.39 Å². The molecule has 3 rings (SSSR count). The zero-order valence-corrected chi connectivity index (χ0v) is 12.2. The molecule has 5 nitrogen and oxygen atoms in total. The number of hydrogen-bond acceptors (Lipinski definition) is 4. The summed E-state index contributed by atoms with van der Waals surface area (Å²) in [6, 6.07) is 6.79. The van der Waals surface area contributed by atoms with Crippen molar-refractivity contribution in [1.29, 1.82) is 0 Å². The summed E-state index contributed by atoms with van der Waals surface area (Å²) in [6.45, 7) is 0.489. The SMILES string of the molecule is CN1C(=O)C[C@@H](NCc2ccc(F)cn2)[C@@H]1c1cccnc1. The van der Waals surface area contributed by atoms with Crippen molar-refractivity contribution in [2.75, 3.05) is 7.05 Å². The van der Waals surface area contributed by atoms with E-state index in [1.165, 1.54) is 12.3 Å². The molecule has 0 bridgehead atoms. The Balaban J connectivity index is 1.73. The van der Waals surface area contributed by atoms with Gasteiger partial charge < -0.3 is 10.2 Å². The number of likely N-dealkylation sites (N-methyl/N-ethyl adjacent to an activating group) is 1.